The molecule has 0 spiro atoms. The van der Waals surface area contributed by atoms with Crippen molar-refractivity contribution in [3.05, 3.63) is 42.1 Å². The van der Waals surface area contributed by atoms with Crippen LogP contribution in [0, 0.1) is 0 Å². The van der Waals surface area contributed by atoms with E-state index >= 15 is 0 Å². The third-order valence-corrected chi connectivity index (χ3v) is 4.10. The number of amides is 3. The molecular formula is C16H21N5O3. The average Bonchev–Trinajstić information content (AvgIpc) is 3.30. The molecule has 3 rings (SSSR count). The van der Waals surface area contributed by atoms with Gasteiger partial charge in [0.2, 0.25) is 0 Å². The van der Waals surface area contributed by atoms with Gasteiger partial charge >= 0.3 is 6.03 Å². The highest BCUT2D eigenvalue weighted by molar-refractivity contribution is 5.91. The fraction of sp³-hybridized carbons (Fsp3) is 0.438. The minimum atomic E-state index is -0.285. The molecule has 0 unspecified atom stereocenters. The quantitative estimate of drug-likeness (QED) is 0.798. The Labute approximate surface area is 139 Å². The molecule has 2 aromatic heterocycles. The Morgan fingerprint density at radius 2 is 2.21 bits per heavy atom. The van der Waals surface area contributed by atoms with Gasteiger partial charge in [-0.25, -0.2) is 4.79 Å². The van der Waals surface area contributed by atoms with Crippen molar-refractivity contribution in [1.82, 2.24) is 25.3 Å². The van der Waals surface area contributed by atoms with E-state index in [0.29, 0.717) is 25.6 Å². The summed E-state index contributed by atoms with van der Waals surface area (Å²) in [5.41, 5.74) is 1.17. The van der Waals surface area contributed by atoms with Crippen LogP contribution in [0.2, 0.25) is 0 Å². The first kappa shape index (κ1) is 16.1. The summed E-state index contributed by atoms with van der Waals surface area (Å²) in [5.74, 6) is 0.315. The minimum absolute atomic E-state index is 0.103. The molecule has 0 aliphatic carbocycles. The summed E-state index contributed by atoms with van der Waals surface area (Å²) < 4.78 is 6.77. The molecule has 0 saturated carbocycles. The van der Waals surface area contributed by atoms with Crippen LogP contribution in [0.5, 0.6) is 0 Å². The molecule has 1 aliphatic heterocycles. The van der Waals surface area contributed by atoms with E-state index in [0.717, 1.165) is 13.0 Å². The number of nitrogens with one attached hydrogen (secondary N) is 2. The van der Waals surface area contributed by atoms with Gasteiger partial charge in [-0.1, -0.05) is 0 Å². The number of aryl methyl sites for hydroxylation is 1. The summed E-state index contributed by atoms with van der Waals surface area (Å²) in [6.07, 6.45) is 6.24. The van der Waals surface area contributed by atoms with Crippen LogP contribution in [0.15, 0.2) is 35.2 Å². The number of hydrogen-bond acceptors (Lipinski definition) is 4. The Morgan fingerprint density at radius 1 is 1.38 bits per heavy atom. The third kappa shape index (κ3) is 3.76. The van der Waals surface area contributed by atoms with Crippen molar-refractivity contribution < 1.29 is 14.0 Å². The molecule has 128 valence electrons. The van der Waals surface area contributed by atoms with Crippen molar-refractivity contribution in [1.29, 1.82) is 0 Å². The van der Waals surface area contributed by atoms with Crippen molar-refractivity contribution in [3.63, 3.8) is 0 Å². The highest BCUT2D eigenvalue weighted by atomic mass is 16.3. The number of urea groups is 1. The maximum absolute atomic E-state index is 12.2. The van der Waals surface area contributed by atoms with Crippen LogP contribution >= 0.6 is 0 Å². The van der Waals surface area contributed by atoms with Crippen molar-refractivity contribution in [2.75, 3.05) is 26.2 Å². The van der Waals surface area contributed by atoms with Crippen LogP contribution in [0.3, 0.4) is 0 Å². The molecule has 0 bridgehead atoms. The molecule has 8 nitrogen and oxygen atoms in total. The second kappa shape index (κ2) is 7.20. The van der Waals surface area contributed by atoms with Gasteiger partial charge in [-0.2, -0.15) is 5.10 Å². The molecule has 1 atom stereocenters. The van der Waals surface area contributed by atoms with Crippen molar-refractivity contribution in [2.24, 2.45) is 7.05 Å². The summed E-state index contributed by atoms with van der Waals surface area (Å²) in [5, 5.41) is 9.69. The SMILES string of the molecule is Cn1cc([C@H]2CCN(C(=O)NCCNC(=O)c3ccco3)C2)cn1. The predicted molar refractivity (Wildman–Crippen MR) is 86.6 cm³/mol. The number of hydrogen-bond donors (Lipinski definition) is 2. The van der Waals surface area contributed by atoms with Gasteiger partial charge in [0.25, 0.3) is 5.91 Å². The summed E-state index contributed by atoms with van der Waals surface area (Å²) in [6.45, 7) is 2.14. The largest absolute Gasteiger partial charge is 0.459 e. The molecule has 0 aromatic carbocycles. The first-order chi connectivity index (χ1) is 11.6. The first-order valence-electron chi connectivity index (χ1n) is 7.96. The van der Waals surface area contributed by atoms with Crippen LogP contribution in [0.4, 0.5) is 4.79 Å². The second-order valence-corrected chi connectivity index (χ2v) is 5.84. The zero-order chi connectivity index (χ0) is 16.9. The zero-order valence-electron chi connectivity index (χ0n) is 13.6. The first-order valence-corrected chi connectivity index (χ1v) is 7.96. The molecule has 0 radical (unpaired) electrons. The number of furan rings is 1. The van der Waals surface area contributed by atoms with Crippen molar-refractivity contribution in [3.8, 4) is 0 Å². The summed E-state index contributed by atoms with van der Waals surface area (Å²) in [4.78, 5) is 25.6. The number of carbonyl (C=O) groups is 2. The number of carbonyl (C=O) groups excluding carboxylic acids is 2. The lowest BCUT2D eigenvalue weighted by Crippen LogP contribution is -2.42. The van der Waals surface area contributed by atoms with Crippen molar-refractivity contribution in [2.45, 2.75) is 12.3 Å². The molecule has 3 heterocycles. The lowest BCUT2D eigenvalue weighted by molar-refractivity contribution is 0.0926. The Balaban J connectivity index is 1.37. The average molecular weight is 331 g/mol. The van der Waals surface area contributed by atoms with Gasteiger partial charge < -0.3 is 20.0 Å². The lowest BCUT2D eigenvalue weighted by atomic mass is 10.0. The highest BCUT2D eigenvalue weighted by Gasteiger charge is 2.27. The molecule has 2 N–H and O–H groups in total. The molecular weight excluding hydrogens is 310 g/mol. The second-order valence-electron chi connectivity index (χ2n) is 5.84. The lowest BCUT2D eigenvalue weighted by Gasteiger charge is -2.17. The highest BCUT2D eigenvalue weighted by Crippen LogP contribution is 2.26. The minimum Gasteiger partial charge on any atom is -0.459 e. The van der Waals surface area contributed by atoms with E-state index in [1.807, 2.05) is 19.4 Å². The normalized spacial score (nSPS) is 17.0. The number of aromatic nitrogens is 2. The predicted octanol–water partition coefficient (Wildman–Crippen LogP) is 0.942. The van der Waals surface area contributed by atoms with E-state index in [2.05, 4.69) is 15.7 Å². The standard InChI is InChI=1S/C16H21N5O3/c1-20-10-13(9-19-20)12-4-7-21(11-12)16(23)18-6-5-17-15(22)14-3-2-8-24-14/h2-3,8-10,12H,4-7,11H2,1H3,(H,17,22)(H,18,23)/t12-/m0/s1. The van der Waals surface area contributed by atoms with E-state index in [4.69, 9.17) is 4.42 Å². The molecule has 2 aromatic rings. The number of nitrogens with zero attached hydrogens (tertiary/aromatic N) is 3. The van der Waals surface area contributed by atoms with Crippen molar-refractivity contribution >= 4 is 11.9 Å². The van der Waals surface area contributed by atoms with Gasteiger partial charge in [0.05, 0.1) is 12.5 Å². The van der Waals surface area contributed by atoms with E-state index in [-0.39, 0.29) is 17.7 Å². The van der Waals surface area contributed by atoms with Crippen LogP contribution in [-0.2, 0) is 7.05 Å². The maximum Gasteiger partial charge on any atom is 0.317 e. The van der Waals surface area contributed by atoms with Crippen LogP contribution in [-0.4, -0.2) is 52.8 Å². The summed E-state index contributed by atoms with van der Waals surface area (Å²) >= 11 is 0. The molecule has 1 fully saturated rings. The van der Waals surface area contributed by atoms with Gasteiger partial charge in [-0.05, 0) is 24.1 Å². The van der Waals surface area contributed by atoms with E-state index in [1.165, 1.54) is 11.8 Å². The molecule has 1 aliphatic rings. The van der Waals surface area contributed by atoms with Crippen LogP contribution in [0.1, 0.15) is 28.5 Å². The Bertz CT molecular complexity index is 694. The van der Waals surface area contributed by atoms with E-state index in [1.54, 1.807) is 21.7 Å². The van der Waals surface area contributed by atoms with Gasteiger partial charge in [-0.15, -0.1) is 0 Å². The summed E-state index contributed by atoms with van der Waals surface area (Å²) in [7, 11) is 1.89. The van der Waals surface area contributed by atoms with Gasteiger partial charge in [0.15, 0.2) is 5.76 Å². The number of rotatable bonds is 5. The van der Waals surface area contributed by atoms with Crippen LogP contribution < -0.4 is 10.6 Å². The molecule has 1 saturated heterocycles. The Hall–Kier alpha value is -2.77. The van der Waals surface area contributed by atoms with E-state index in [9.17, 15) is 9.59 Å². The van der Waals surface area contributed by atoms with Gasteiger partial charge in [0, 0.05) is 45.3 Å². The fourth-order valence-corrected chi connectivity index (χ4v) is 2.82. The van der Waals surface area contributed by atoms with E-state index < -0.39 is 0 Å². The topological polar surface area (TPSA) is 92.4 Å². The molecule has 8 heteroatoms. The monoisotopic (exact) mass is 331 g/mol. The van der Waals surface area contributed by atoms with Crippen LogP contribution in [0.25, 0.3) is 0 Å². The Morgan fingerprint density at radius 3 is 2.92 bits per heavy atom. The Kier molecular flexibility index (Phi) is 4.83. The smallest absolute Gasteiger partial charge is 0.317 e. The third-order valence-electron chi connectivity index (χ3n) is 4.10. The summed E-state index contributed by atoms with van der Waals surface area (Å²) in [6, 6.07) is 3.15. The molecule has 3 amide bonds. The maximum atomic E-state index is 12.2. The fourth-order valence-electron chi connectivity index (χ4n) is 2.82. The van der Waals surface area contributed by atoms with Gasteiger partial charge in [0.1, 0.15) is 0 Å². The van der Waals surface area contributed by atoms with Gasteiger partial charge in [-0.3, -0.25) is 9.48 Å². The molecule has 24 heavy (non-hydrogen) atoms. The zero-order valence-corrected chi connectivity index (χ0v) is 13.6. The number of likely N-dealkylation sites (tertiary alicyclic amines) is 1.